The molecule has 0 radical (unpaired) electrons. The molecule has 1 N–H and O–H groups in total. The van der Waals surface area contributed by atoms with E-state index in [2.05, 4.69) is 38.5 Å². The van der Waals surface area contributed by atoms with Gasteiger partial charge in [-0.3, -0.25) is 0 Å². The summed E-state index contributed by atoms with van der Waals surface area (Å²) in [4.78, 5) is 11.5. The number of rotatable bonds is 2. The summed E-state index contributed by atoms with van der Waals surface area (Å²) < 4.78 is 15.9. The van der Waals surface area contributed by atoms with E-state index in [4.69, 9.17) is 0 Å². The first-order chi connectivity index (χ1) is 14.2. The number of benzene rings is 1. The van der Waals surface area contributed by atoms with Crippen molar-refractivity contribution >= 4 is 22.8 Å². The molecule has 0 atom stereocenters. The van der Waals surface area contributed by atoms with Crippen molar-refractivity contribution in [2.45, 2.75) is 0 Å². The first-order valence-corrected chi connectivity index (χ1v) is 8.94. The highest BCUT2D eigenvalue weighted by atomic mass is 19.1. The molecule has 0 unspecified atom stereocenters. The Kier molecular flexibility index (Phi) is 3.92. The molecule has 5 rings (SSSR count). The Morgan fingerprint density at radius 2 is 1.93 bits per heavy atom. The highest BCUT2D eigenvalue weighted by Crippen LogP contribution is 2.19. The van der Waals surface area contributed by atoms with Crippen LogP contribution < -0.4 is 0 Å². The summed E-state index contributed by atoms with van der Waals surface area (Å²) in [5, 5.41) is 5.35. The number of hydrogen-bond donors (Lipinski definition) is 1. The molecular weight excluding hydrogens is 365 g/mol. The molecular formula is C23H14FN5. The number of imidazole rings is 1. The lowest BCUT2D eigenvalue weighted by Crippen LogP contribution is -1.97. The van der Waals surface area contributed by atoms with Crippen molar-refractivity contribution in [2.75, 3.05) is 0 Å². The molecule has 5 nitrogen and oxygen atoms in total. The second kappa shape index (κ2) is 6.73. The molecule has 0 aliphatic carbocycles. The Morgan fingerprint density at radius 1 is 1.07 bits per heavy atom. The third-order valence-electron chi connectivity index (χ3n) is 4.60. The molecule has 138 valence electrons. The lowest BCUT2D eigenvalue weighted by molar-refractivity contribution is 0.620. The SMILES string of the molecule is C=Cc1ccc(-c2ccc3ncc(C#Cc4nc5[nH]ccc5cc4F)n3n2)cc1. The van der Waals surface area contributed by atoms with E-state index in [-0.39, 0.29) is 5.69 Å². The zero-order chi connectivity index (χ0) is 19.8. The number of fused-ring (bicyclic) bond motifs is 2. The van der Waals surface area contributed by atoms with Gasteiger partial charge in [0.2, 0.25) is 0 Å². The van der Waals surface area contributed by atoms with E-state index in [0.717, 1.165) is 16.8 Å². The Hall–Kier alpha value is -4.24. The van der Waals surface area contributed by atoms with Crippen molar-refractivity contribution in [1.82, 2.24) is 24.6 Å². The summed E-state index contributed by atoms with van der Waals surface area (Å²) >= 11 is 0. The second-order valence-corrected chi connectivity index (χ2v) is 6.44. The summed E-state index contributed by atoms with van der Waals surface area (Å²) in [5.41, 5.74) is 4.67. The van der Waals surface area contributed by atoms with Gasteiger partial charge < -0.3 is 4.98 Å². The molecule has 4 heterocycles. The Bertz CT molecular complexity index is 1430. The van der Waals surface area contributed by atoms with Crippen LogP contribution in [0.2, 0.25) is 0 Å². The molecule has 0 fully saturated rings. The lowest BCUT2D eigenvalue weighted by Gasteiger charge is -2.03. The largest absolute Gasteiger partial charge is 0.346 e. The number of nitrogens with one attached hydrogen (secondary N) is 1. The maximum Gasteiger partial charge on any atom is 0.158 e. The first-order valence-electron chi connectivity index (χ1n) is 8.94. The highest BCUT2D eigenvalue weighted by Gasteiger charge is 2.08. The molecule has 0 aliphatic rings. The zero-order valence-electron chi connectivity index (χ0n) is 15.2. The maximum absolute atomic E-state index is 14.3. The molecule has 1 aromatic carbocycles. The molecule has 29 heavy (non-hydrogen) atoms. The fraction of sp³-hybridized carbons (Fsp3) is 0. The van der Waals surface area contributed by atoms with Gasteiger partial charge in [-0.05, 0) is 41.7 Å². The van der Waals surface area contributed by atoms with Crippen molar-refractivity contribution in [3.05, 3.63) is 90.3 Å². The highest BCUT2D eigenvalue weighted by molar-refractivity contribution is 5.76. The van der Waals surface area contributed by atoms with Crippen LogP contribution in [-0.2, 0) is 0 Å². The van der Waals surface area contributed by atoms with Crippen LogP contribution in [0.5, 0.6) is 0 Å². The number of aromatic amines is 1. The van der Waals surface area contributed by atoms with E-state index in [0.29, 0.717) is 22.4 Å². The van der Waals surface area contributed by atoms with Crippen molar-refractivity contribution in [3.63, 3.8) is 0 Å². The van der Waals surface area contributed by atoms with Crippen LogP contribution in [0.3, 0.4) is 0 Å². The van der Waals surface area contributed by atoms with E-state index >= 15 is 0 Å². The molecule has 4 aromatic heterocycles. The third-order valence-corrected chi connectivity index (χ3v) is 4.60. The lowest BCUT2D eigenvalue weighted by atomic mass is 10.1. The number of halogens is 1. The summed E-state index contributed by atoms with van der Waals surface area (Å²) in [6.07, 6.45) is 5.12. The maximum atomic E-state index is 14.3. The molecule has 0 aliphatic heterocycles. The van der Waals surface area contributed by atoms with Gasteiger partial charge in [0.15, 0.2) is 17.2 Å². The van der Waals surface area contributed by atoms with E-state index in [1.807, 2.05) is 36.4 Å². The van der Waals surface area contributed by atoms with Gasteiger partial charge in [0.25, 0.3) is 0 Å². The molecule has 0 saturated heterocycles. The number of aromatic nitrogens is 5. The van der Waals surface area contributed by atoms with Gasteiger partial charge in [0.05, 0.1) is 11.9 Å². The topological polar surface area (TPSA) is 58.9 Å². The molecule has 5 aromatic rings. The van der Waals surface area contributed by atoms with Crippen molar-refractivity contribution in [1.29, 1.82) is 0 Å². The Labute approximate surface area is 165 Å². The monoisotopic (exact) mass is 379 g/mol. The molecule has 0 spiro atoms. The number of pyridine rings is 1. The molecule has 0 amide bonds. The van der Waals surface area contributed by atoms with Crippen LogP contribution in [0.25, 0.3) is 34.0 Å². The number of nitrogens with zero attached hydrogens (tertiary/aromatic N) is 4. The van der Waals surface area contributed by atoms with E-state index in [1.165, 1.54) is 6.07 Å². The van der Waals surface area contributed by atoms with Crippen LogP contribution in [0.15, 0.2) is 67.5 Å². The minimum atomic E-state index is -0.464. The average Bonchev–Trinajstić information content (AvgIpc) is 3.38. The quantitative estimate of drug-likeness (QED) is 0.461. The first kappa shape index (κ1) is 16.9. The van der Waals surface area contributed by atoms with E-state index in [9.17, 15) is 4.39 Å². The minimum Gasteiger partial charge on any atom is -0.346 e. The van der Waals surface area contributed by atoms with Gasteiger partial charge in [-0.25, -0.2) is 18.9 Å². The molecule has 0 bridgehead atoms. The van der Waals surface area contributed by atoms with Crippen molar-refractivity contribution < 1.29 is 4.39 Å². The standard InChI is InChI=1S/C23H14FN5/c1-2-15-3-5-16(6-4-15)20-9-10-22-26-14-18(29(22)28-20)7-8-21-19(24)13-17-11-12-25-23(17)27-21/h2-6,9-14H,1H2,(H,25,27). The zero-order valence-corrected chi connectivity index (χ0v) is 15.2. The van der Waals surface area contributed by atoms with Gasteiger partial charge in [-0.2, -0.15) is 5.10 Å². The fourth-order valence-corrected chi connectivity index (χ4v) is 3.07. The summed E-state index contributed by atoms with van der Waals surface area (Å²) in [6, 6.07) is 14.9. The van der Waals surface area contributed by atoms with Crippen LogP contribution >= 0.6 is 0 Å². The predicted molar refractivity (Wildman–Crippen MR) is 111 cm³/mol. The van der Waals surface area contributed by atoms with Gasteiger partial charge >= 0.3 is 0 Å². The van der Waals surface area contributed by atoms with Gasteiger partial charge in [-0.15, -0.1) is 0 Å². The van der Waals surface area contributed by atoms with E-state index in [1.54, 1.807) is 29.1 Å². The number of hydrogen-bond acceptors (Lipinski definition) is 3. The summed E-state index contributed by atoms with van der Waals surface area (Å²) in [6.45, 7) is 3.77. The fourth-order valence-electron chi connectivity index (χ4n) is 3.07. The normalized spacial score (nSPS) is 10.8. The average molecular weight is 379 g/mol. The smallest absolute Gasteiger partial charge is 0.158 e. The van der Waals surface area contributed by atoms with Crippen LogP contribution in [0, 0.1) is 17.7 Å². The number of H-pyrrole nitrogens is 1. The van der Waals surface area contributed by atoms with Crippen LogP contribution in [-0.4, -0.2) is 24.6 Å². The predicted octanol–water partition coefficient (Wildman–Crippen LogP) is 4.45. The van der Waals surface area contributed by atoms with Gasteiger partial charge in [0.1, 0.15) is 11.3 Å². The van der Waals surface area contributed by atoms with E-state index < -0.39 is 5.82 Å². The van der Waals surface area contributed by atoms with Crippen molar-refractivity contribution in [2.24, 2.45) is 0 Å². The summed E-state index contributed by atoms with van der Waals surface area (Å²) in [7, 11) is 0. The second-order valence-electron chi connectivity index (χ2n) is 6.44. The van der Waals surface area contributed by atoms with Gasteiger partial charge in [0, 0.05) is 17.1 Å². The molecule has 6 heteroatoms. The van der Waals surface area contributed by atoms with Crippen LogP contribution in [0.1, 0.15) is 17.0 Å². The summed E-state index contributed by atoms with van der Waals surface area (Å²) in [5.74, 6) is 5.27. The third kappa shape index (κ3) is 3.05. The van der Waals surface area contributed by atoms with Gasteiger partial charge in [-0.1, -0.05) is 36.9 Å². The minimum absolute atomic E-state index is 0.0751. The van der Waals surface area contributed by atoms with Crippen molar-refractivity contribution in [3.8, 4) is 23.1 Å². The Balaban J connectivity index is 1.56. The molecule has 0 saturated carbocycles. The Morgan fingerprint density at radius 3 is 2.76 bits per heavy atom. The van der Waals surface area contributed by atoms with Crippen LogP contribution in [0.4, 0.5) is 4.39 Å².